The van der Waals surface area contributed by atoms with Crippen LogP contribution in [0.15, 0.2) is 32.7 Å². The molecule has 0 aliphatic heterocycles. The summed E-state index contributed by atoms with van der Waals surface area (Å²) in [5, 5.41) is 0.713. The van der Waals surface area contributed by atoms with Gasteiger partial charge in [-0.3, -0.25) is 0 Å². The Kier molecular flexibility index (Phi) is 2.51. The third kappa shape index (κ3) is 2.21. The minimum Gasteiger partial charge on any atom is -0.468 e. The highest BCUT2D eigenvalue weighted by Gasteiger charge is 2.06. The van der Waals surface area contributed by atoms with E-state index in [0.717, 1.165) is 10.7 Å². The van der Waals surface area contributed by atoms with Gasteiger partial charge in [0.2, 0.25) is 5.95 Å². The van der Waals surface area contributed by atoms with Crippen LogP contribution < -0.4 is 11.5 Å². The first-order valence-corrected chi connectivity index (χ1v) is 5.09. The van der Waals surface area contributed by atoms with Gasteiger partial charge in [0, 0.05) is 6.07 Å². The molecule has 0 spiro atoms. The quantitative estimate of drug-likeness (QED) is 0.751. The van der Waals surface area contributed by atoms with Gasteiger partial charge in [0.05, 0.1) is 11.2 Å². The molecule has 0 fully saturated rings. The second-order valence-electron chi connectivity index (χ2n) is 2.93. The molecule has 0 radical (unpaired) electrons. The molecule has 0 saturated heterocycles. The van der Waals surface area contributed by atoms with Crippen LogP contribution in [0.3, 0.4) is 0 Å². The summed E-state index contributed by atoms with van der Waals surface area (Å²) < 4.78 is 5.17. The maximum absolute atomic E-state index is 5.56. The van der Waals surface area contributed by atoms with Crippen molar-refractivity contribution in [1.82, 2.24) is 9.97 Å². The molecule has 0 aliphatic carbocycles. The Labute approximate surface area is 90.9 Å². The van der Waals surface area contributed by atoms with E-state index in [2.05, 4.69) is 9.97 Å². The van der Waals surface area contributed by atoms with Crippen molar-refractivity contribution in [3.63, 3.8) is 0 Å². The van der Waals surface area contributed by atoms with E-state index in [0.29, 0.717) is 10.8 Å². The molecule has 0 unspecified atom stereocenters. The first-order valence-electron chi connectivity index (χ1n) is 4.27. The average Bonchev–Trinajstić information content (AvgIpc) is 2.50. The van der Waals surface area contributed by atoms with E-state index in [1.165, 1.54) is 11.8 Å². The molecule has 78 valence electrons. The van der Waals surface area contributed by atoms with E-state index < -0.39 is 0 Å². The molecule has 5 nitrogen and oxygen atoms in total. The van der Waals surface area contributed by atoms with Gasteiger partial charge in [0.15, 0.2) is 0 Å². The van der Waals surface area contributed by atoms with Crippen LogP contribution in [0.4, 0.5) is 11.8 Å². The Bertz CT molecular complexity index is 462. The van der Waals surface area contributed by atoms with Crippen LogP contribution in [0, 0.1) is 6.92 Å². The highest BCUT2D eigenvalue weighted by atomic mass is 32.2. The molecule has 15 heavy (non-hydrogen) atoms. The van der Waals surface area contributed by atoms with Gasteiger partial charge >= 0.3 is 0 Å². The highest BCUT2D eigenvalue weighted by molar-refractivity contribution is 7.99. The summed E-state index contributed by atoms with van der Waals surface area (Å²) in [5.41, 5.74) is 11.0. The number of nitrogens with two attached hydrogens (primary N) is 2. The molecule has 0 amide bonds. The minimum atomic E-state index is 0.179. The zero-order valence-corrected chi connectivity index (χ0v) is 8.91. The number of furan rings is 1. The smallest absolute Gasteiger partial charge is 0.223 e. The topological polar surface area (TPSA) is 91.0 Å². The molecule has 2 rings (SSSR count). The lowest BCUT2D eigenvalue weighted by Gasteiger charge is -2.01. The Morgan fingerprint density at radius 2 is 2.13 bits per heavy atom. The number of aromatic nitrogens is 2. The molecule has 0 aromatic carbocycles. The third-order valence-electron chi connectivity index (χ3n) is 1.77. The highest BCUT2D eigenvalue weighted by Crippen LogP contribution is 2.30. The Morgan fingerprint density at radius 1 is 1.33 bits per heavy atom. The van der Waals surface area contributed by atoms with E-state index >= 15 is 0 Å². The Morgan fingerprint density at radius 3 is 2.73 bits per heavy atom. The molecule has 0 saturated carbocycles. The molecule has 2 aromatic heterocycles. The molecule has 4 N–H and O–H groups in total. The first-order chi connectivity index (χ1) is 7.15. The van der Waals surface area contributed by atoms with Crippen LogP contribution in [0.1, 0.15) is 5.76 Å². The fourth-order valence-electron chi connectivity index (χ4n) is 1.11. The maximum Gasteiger partial charge on any atom is 0.223 e. The van der Waals surface area contributed by atoms with Crippen LogP contribution in [-0.4, -0.2) is 9.97 Å². The average molecular weight is 222 g/mol. The second kappa shape index (κ2) is 3.82. The molecule has 0 aliphatic rings. The molecule has 2 heterocycles. The van der Waals surface area contributed by atoms with Crippen molar-refractivity contribution < 1.29 is 4.42 Å². The summed E-state index contributed by atoms with van der Waals surface area (Å²) in [7, 11) is 0. The van der Waals surface area contributed by atoms with Crippen molar-refractivity contribution >= 4 is 23.5 Å². The van der Waals surface area contributed by atoms with Crippen molar-refractivity contribution in [2.24, 2.45) is 0 Å². The van der Waals surface area contributed by atoms with E-state index in [9.17, 15) is 0 Å². The lowest BCUT2D eigenvalue weighted by atomic mass is 10.5. The molecule has 2 aromatic rings. The summed E-state index contributed by atoms with van der Waals surface area (Å²) >= 11 is 1.44. The summed E-state index contributed by atoms with van der Waals surface area (Å²) in [6.45, 7) is 1.89. The largest absolute Gasteiger partial charge is 0.468 e. The van der Waals surface area contributed by atoms with Gasteiger partial charge in [-0.05, 0) is 13.0 Å². The van der Waals surface area contributed by atoms with Gasteiger partial charge in [-0.25, -0.2) is 4.98 Å². The van der Waals surface area contributed by atoms with Crippen molar-refractivity contribution in [3.8, 4) is 0 Å². The molecule has 0 bridgehead atoms. The number of aryl methyl sites for hydroxylation is 1. The Balaban J connectivity index is 2.28. The predicted molar refractivity (Wildman–Crippen MR) is 58.4 cm³/mol. The standard InChI is InChI=1S/C9H10N4OS/c1-5-6(2-3-14-5)15-8-4-7(10)12-9(11)13-8/h2-4H,1H3,(H4,10,11,12,13). The number of hydrogen-bond donors (Lipinski definition) is 2. The van der Waals surface area contributed by atoms with E-state index in [1.807, 2.05) is 13.0 Å². The van der Waals surface area contributed by atoms with Crippen molar-refractivity contribution in [2.45, 2.75) is 16.8 Å². The predicted octanol–water partition coefficient (Wildman–Crippen LogP) is 1.69. The van der Waals surface area contributed by atoms with Crippen molar-refractivity contribution in [2.75, 3.05) is 11.5 Å². The monoisotopic (exact) mass is 222 g/mol. The third-order valence-corrected chi connectivity index (χ3v) is 2.83. The van der Waals surface area contributed by atoms with E-state index in [1.54, 1.807) is 12.3 Å². The zero-order chi connectivity index (χ0) is 10.8. The van der Waals surface area contributed by atoms with Crippen LogP contribution in [0.5, 0.6) is 0 Å². The minimum absolute atomic E-state index is 0.179. The van der Waals surface area contributed by atoms with Gasteiger partial charge in [-0.15, -0.1) is 0 Å². The fourth-order valence-corrected chi connectivity index (χ4v) is 1.96. The lowest BCUT2D eigenvalue weighted by molar-refractivity contribution is 0.527. The van der Waals surface area contributed by atoms with Gasteiger partial charge in [-0.2, -0.15) is 4.98 Å². The number of nitrogen functional groups attached to an aromatic ring is 2. The molecular formula is C9H10N4OS. The van der Waals surface area contributed by atoms with Gasteiger partial charge in [-0.1, -0.05) is 11.8 Å². The van der Waals surface area contributed by atoms with Crippen molar-refractivity contribution in [1.29, 1.82) is 0 Å². The number of hydrogen-bond acceptors (Lipinski definition) is 6. The normalized spacial score (nSPS) is 10.5. The SMILES string of the molecule is Cc1occc1Sc1cc(N)nc(N)n1. The summed E-state index contributed by atoms with van der Waals surface area (Å²) in [6.07, 6.45) is 1.63. The van der Waals surface area contributed by atoms with Gasteiger partial charge in [0.25, 0.3) is 0 Å². The Hall–Kier alpha value is -1.69. The zero-order valence-electron chi connectivity index (χ0n) is 8.10. The second-order valence-corrected chi connectivity index (χ2v) is 3.99. The van der Waals surface area contributed by atoms with Gasteiger partial charge in [0.1, 0.15) is 16.6 Å². The first kappa shape index (κ1) is 9.85. The maximum atomic E-state index is 5.56. The lowest BCUT2D eigenvalue weighted by Crippen LogP contribution is -1.99. The molecule has 6 heteroatoms. The van der Waals surface area contributed by atoms with Crippen LogP contribution in [0.2, 0.25) is 0 Å². The summed E-state index contributed by atoms with van der Waals surface area (Å²) in [4.78, 5) is 8.84. The van der Waals surface area contributed by atoms with Crippen LogP contribution in [-0.2, 0) is 0 Å². The fraction of sp³-hybridized carbons (Fsp3) is 0.111. The summed E-state index contributed by atoms with van der Waals surface area (Å²) in [6, 6.07) is 3.54. The van der Waals surface area contributed by atoms with E-state index in [4.69, 9.17) is 15.9 Å². The van der Waals surface area contributed by atoms with Crippen LogP contribution in [0.25, 0.3) is 0 Å². The van der Waals surface area contributed by atoms with Gasteiger partial charge < -0.3 is 15.9 Å². The molecule has 0 atom stereocenters. The molecular weight excluding hydrogens is 212 g/mol. The van der Waals surface area contributed by atoms with E-state index in [-0.39, 0.29) is 5.95 Å². The number of rotatable bonds is 2. The number of nitrogens with zero attached hydrogens (tertiary/aromatic N) is 2. The number of anilines is 2. The van der Waals surface area contributed by atoms with Crippen LogP contribution >= 0.6 is 11.8 Å². The van der Waals surface area contributed by atoms with Crippen molar-refractivity contribution in [3.05, 3.63) is 24.2 Å². The summed E-state index contributed by atoms with van der Waals surface area (Å²) in [5.74, 6) is 1.39.